The summed E-state index contributed by atoms with van der Waals surface area (Å²) in [7, 11) is 1.49. The van der Waals surface area contributed by atoms with Crippen molar-refractivity contribution >= 4 is 22.2 Å². The fraction of sp³-hybridized carbons (Fsp3) is 0.176. The van der Waals surface area contributed by atoms with Crippen LogP contribution in [0.15, 0.2) is 29.1 Å². The van der Waals surface area contributed by atoms with E-state index in [0.717, 1.165) is 0 Å². The predicted octanol–water partition coefficient (Wildman–Crippen LogP) is 2.03. The van der Waals surface area contributed by atoms with Crippen molar-refractivity contribution in [2.75, 3.05) is 7.05 Å². The Morgan fingerprint density at radius 1 is 1.48 bits per heavy atom. The molecule has 0 unspecified atom stereocenters. The summed E-state index contributed by atoms with van der Waals surface area (Å²) in [6, 6.07) is 7.60. The molecule has 3 aromatic rings. The average Bonchev–Trinajstić information content (AvgIpc) is 2.92. The molecule has 0 atom stereocenters. The Labute approximate surface area is 146 Å². The van der Waals surface area contributed by atoms with Crippen molar-refractivity contribution in [2.24, 2.45) is 0 Å². The van der Waals surface area contributed by atoms with Crippen molar-refractivity contribution < 1.29 is 9.18 Å². The first kappa shape index (κ1) is 16.8. The van der Waals surface area contributed by atoms with Gasteiger partial charge in [0.1, 0.15) is 17.6 Å². The van der Waals surface area contributed by atoms with Crippen LogP contribution in [0.25, 0.3) is 4.96 Å². The van der Waals surface area contributed by atoms with Crippen LogP contribution >= 0.6 is 11.3 Å². The van der Waals surface area contributed by atoms with Crippen LogP contribution in [-0.2, 0) is 6.42 Å². The third kappa shape index (κ3) is 2.90. The van der Waals surface area contributed by atoms with E-state index in [1.54, 1.807) is 25.1 Å². The van der Waals surface area contributed by atoms with Gasteiger partial charge in [-0.3, -0.25) is 9.59 Å². The number of nitriles is 1. The third-order valence-electron chi connectivity index (χ3n) is 3.76. The molecule has 0 aliphatic carbocycles. The van der Waals surface area contributed by atoms with E-state index in [9.17, 15) is 14.0 Å². The fourth-order valence-electron chi connectivity index (χ4n) is 2.59. The molecule has 0 aliphatic rings. The number of benzene rings is 1. The third-order valence-corrected chi connectivity index (χ3v) is 4.71. The molecule has 1 N–H and O–H groups in total. The summed E-state index contributed by atoms with van der Waals surface area (Å²) in [5.74, 6) is -0.978. The van der Waals surface area contributed by atoms with Gasteiger partial charge in [-0.25, -0.2) is 13.8 Å². The minimum Gasteiger partial charge on any atom is -0.354 e. The molecule has 0 fully saturated rings. The van der Waals surface area contributed by atoms with Crippen LogP contribution in [0.1, 0.15) is 32.2 Å². The number of carbonyl (C=O) groups excluding carboxylic acids is 1. The molecule has 25 heavy (non-hydrogen) atoms. The molecule has 3 rings (SSSR count). The highest BCUT2D eigenvalue weighted by molar-refractivity contribution is 7.17. The Bertz CT molecular complexity index is 1090. The summed E-state index contributed by atoms with van der Waals surface area (Å²) in [6.45, 7) is 1.74. The monoisotopic (exact) mass is 356 g/mol. The molecule has 2 aromatic heterocycles. The number of fused-ring (bicyclic) bond motifs is 1. The van der Waals surface area contributed by atoms with Gasteiger partial charge in [-0.05, 0) is 18.6 Å². The lowest BCUT2D eigenvalue weighted by atomic mass is 10.1. The van der Waals surface area contributed by atoms with Crippen molar-refractivity contribution in [1.82, 2.24) is 14.7 Å². The van der Waals surface area contributed by atoms with Gasteiger partial charge < -0.3 is 5.32 Å². The first-order valence-corrected chi connectivity index (χ1v) is 8.19. The van der Waals surface area contributed by atoms with Crippen molar-refractivity contribution in [3.05, 3.63) is 67.8 Å². The molecular formula is C17H13FN4O2S. The minimum atomic E-state index is -0.611. The highest BCUT2D eigenvalue weighted by atomic mass is 32.1. The molecular weight excluding hydrogens is 343 g/mol. The number of hydrogen-bond acceptors (Lipinski definition) is 5. The van der Waals surface area contributed by atoms with E-state index in [1.165, 1.54) is 34.9 Å². The van der Waals surface area contributed by atoms with Gasteiger partial charge in [-0.15, -0.1) is 11.3 Å². The molecule has 2 heterocycles. The van der Waals surface area contributed by atoms with Gasteiger partial charge in [0, 0.05) is 24.4 Å². The number of aromatic nitrogens is 2. The lowest BCUT2D eigenvalue weighted by Gasteiger charge is -2.05. The number of nitrogens with zero attached hydrogens (tertiary/aromatic N) is 3. The van der Waals surface area contributed by atoms with Gasteiger partial charge >= 0.3 is 0 Å². The van der Waals surface area contributed by atoms with Crippen LogP contribution in [0.3, 0.4) is 0 Å². The molecule has 6 nitrogen and oxygen atoms in total. The zero-order valence-electron chi connectivity index (χ0n) is 13.5. The van der Waals surface area contributed by atoms with E-state index in [-0.39, 0.29) is 29.1 Å². The number of thiazole rings is 1. The normalized spacial score (nSPS) is 10.6. The molecule has 0 radical (unpaired) electrons. The van der Waals surface area contributed by atoms with Crippen molar-refractivity contribution in [1.29, 1.82) is 5.26 Å². The minimum absolute atomic E-state index is 0.0517. The molecule has 0 saturated carbocycles. The van der Waals surface area contributed by atoms with Crippen LogP contribution in [0.4, 0.5) is 4.39 Å². The summed E-state index contributed by atoms with van der Waals surface area (Å²) >= 11 is 1.22. The Balaban J connectivity index is 2.10. The van der Waals surface area contributed by atoms with E-state index >= 15 is 0 Å². The first-order valence-electron chi connectivity index (χ1n) is 7.38. The van der Waals surface area contributed by atoms with Crippen LogP contribution < -0.4 is 10.9 Å². The standard InChI is InChI=1S/C17H13FN4O2S/c1-9-15(16(24)20-2)22-13(23)7-12(21-17(22)25-9)6-10-4-3-5-11(8-19)14(10)18/h3-5,7H,6H2,1-2H3,(H,20,24). The Morgan fingerprint density at radius 3 is 2.92 bits per heavy atom. The van der Waals surface area contributed by atoms with Crippen LogP contribution in [-0.4, -0.2) is 22.3 Å². The number of carbonyl (C=O) groups is 1. The van der Waals surface area contributed by atoms with Gasteiger partial charge in [-0.1, -0.05) is 12.1 Å². The number of rotatable bonds is 3. The Morgan fingerprint density at radius 2 is 2.24 bits per heavy atom. The SMILES string of the molecule is CNC(=O)c1c(C)sc2nc(Cc3cccc(C#N)c3F)cc(=O)n12. The maximum absolute atomic E-state index is 14.2. The van der Waals surface area contributed by atoms with E-state index in [1.807, 2.05) is 0 Å². The number of hydrogen-bond donors (Lipinski definition) is 1. The van der Waals surface area contributed by atoms with Gasteiger partial charge in [0.2, 0.25) is 0 Å². The molecule has 0 spiro atoms. The van der Waals surface area contributed by atoms with Crippen LogP contribution in [0.5, 0.6) is 0 Å². The van der Waals surface area contributed by atoms with Crippen molar-refractivity contribution in [3.63, 3.8) is 0 Å². The van der Waals surface area contributed by atoms with Crippen molar-refractivity contribution in [3.8, 4) is 6.07 Å². The first-order chi connectivity index (χ1) is 12.0. The average molecular weight is 356 g/mol. The van der Waals surface area contributed by atoms with E-state index in [4.69, 9.17) is 5.26 Å². The van der Waals surface area contributed by atoms with E-state index in [2.05, 4.69) is 10.3 Å². The summed E-state index contributed by atoms with van der Waals surface area (Å²) in [6.07, 6.45) is 0.0827. The summed E-state index contributed by atoms with van der Waals surface area (Å²) < 4.78 is 15.5. The van der Waals surface area contributed by atoms with Crippen LogP contribution in [0.2, 0.25) is 0 Å². The lowest BCUT2D eigenvalue weighted by Crippen LogP contribution is -2.25. The number of amides is 1. The highest BCUT2D eigenvalue weighted by Crippen LogP contribution is 2.21. The summed E-state index contributed by atoms with van der Waals surface area (Å²) in [4.78, 5) is 29.9. The van der Waals surface area contributed by atoms with Gasteiger partial charge in [0.05, 0.1) is 11.3 Å². The molecule has 126 valence electrons. The number of aryl methyl sites for hydroxylation is 1. The number of halogens is 1. The quantitative estimate of drug-likeness (QED) is 0.778. The second-order valence-electron chi connectivity index (χ2n) is 5.36. The predicted molar refractivity (Wildman–Crippen MR) is 91.4 cm³/mol. The smallest absolute Gasteiger partial charge is 0.269 e. The molecule has 0 aliphatic heterocycles. The maximum Gasteiger partial charge on any atom is 0.269 e. The van der Waals surface area contributed by atoms with E-state index < -0.39 is 11.4 Å². The van der Waals surface area contributed by atoms with E-state index in [0.29, 0.717) is 15.5 Å². The molecule has 8 heteroatoms. The maximum atomic E-state index is 14.2. The largest absolute Gasteiger partial charge is 0.354 e. The summed E-state index contributed by atoms with van der Waals surface area (Å²) in [5, 5.41) is 11.4. The topological polar surface area (TPSA) is 87.3 Å². The van der Waals surface area contributed by atoms with Gasteiger partial charge in [0.25, 0.3) is 11.5 Å². The second kappa shape index (κ2) is 6.45. The van der Waals surface area contributed by atoms with Crippen LogP contribution in [0, 0.1) is 24.1 Å². The Hall–Kier alpha value is -3.05. The zero-order chi connectivity index (χ0) is 18.1. The molecule has 0 saturated heterocycles. The van der Waals surface area contributed by atoms with Gasteiger partial charge in [0.15, 0.2) is 4.96 Å². The Kier molecular flexibility index (Phi) is 4.33. The molecule has 0 bridgehead atoms. The fourth-order valence-corrected chi connectivity index (χ4v) is 3.58. The number of nitrogens with one attached hydrogen (secondary N) is 1. The summed E-state index contributed by atoms with van der Waals surface area (Å²) in [5.41, 5.74) is 0.465. The molecule has 1 aromatic carbocycles. The van der Waals surface area contributed by atoms with Crippen molar-refractivity contribution in [2.45, 2.75) is 13.3 Å². The molecule has 1 amide bonds. The van der Waals surface area contributed by atoms with Gasteiger partial charge in [-0.2, -0.15) is 5.26 Å². The lowest BCUT2D eigenvalue weighted by molar-refractivity contribution is 0.0956. The highest BCUT2D eigenvalue weighted by Gasteiger charge is 2.19. The second-order valence-corrected chi connectivity index (χ2v) is 6.54. The zero-order valence-corrected chi connectivity index (χ0v) is 14.3.